The number of rotatable bonds is 2. The van der Waals surface area contributed by atoms with Crippen LogP contribution in [-0.2, 0) is 14.4 Å². The summed E-state index contributed by atoms with van der Waals surface area (Å²) in [6.45, 7) is 5.54. The van der Waals surface area contributed by atoms with Gasteiger partial charge in [0, 0.05) is 5.56 Å². The molecule has 8 nitrogen and oxygen atoms in total. The van der Waals surface area contributed by atoms with Crippen molar-refractivity contribution in [3.05, 3.63) is 47.5 Å². The van der Waals surface area contributed by atoms with Gasteiger partial charge < -0.3 is 4.74 Å². The van der Waals surface area contributed by atoms with Gasteiger partial charge in [0.2, 0.25) is 12.1 Å². The first kappa shape index (κ1) is 17.5. The van der Waals surface area contributed by atoms with E-state index in [1.807, 2.05) is 13.0 Å². The highest BCUT2D eigenvalue weighted by atomic mass is 16.7. The van der Waals surface area contributed by atoms with Crippen LogP contribution in [0.5, 0.6) is 0 Å². The smallest absolute Gasteiger partial charge is 0.431 e. The maximum Gasteiger partial charge on any atom is 0.431 e. The van der Waals surface area contributed by atoms with E-state index in [0.29, 0.717) is 5.56 Å². The maximum absolute atomic E-state index is 13.1. The topological polar surface area (TPSA) is 79.4 Å². The van der Waals surface area contributed by atoms with Crippen LogP contribution in [0.2, 0.25) is 0 Å². The SMILES string of the molecule is CCOC(=O)N1[C@H]2C=C(C)[C@@H]([C@H]3[C@H](C)C(=O)N31)N(C(=O)c1ccccc1)O2. The van der Waals surface area contributed by atoms with Gasteiger partial charge in [0.15, 0.2) is 0 Å². The molecule has 1 aromatic carbocycles. The molecule has 142 valence electrons. The van der Waals surface area contributed by atoms with E-state index in [1.165, 1.54) is 15.1 Å². The first-order chi connectivity index (χ1) is 13.0. The fraction of sp³-hybridized carbons (Fsp3) is 0.421. The summed E-state index contributed by atoms with van der Waals surface area (Å²) >= 11 is 0. The van der Waals surface area contributed by atoms with E-state index in [-0.39, 0.29) is 24.3 Å². The lowest BCUT2D eigenvalue weighted by Gasteiger charge is -2.50. The number of hydrogen-bond acceptors (Lipinski definition) is 5. The number of nitrogens with zero attached hydrogens (tertiary/aromatic N) is 3. The van der Waals surface area contributed by atoms with E-state index in [0.717, 1.165) is 5.57 Å². The lowest BCUT2D eigenvalue weighted by atomic mass is 9.82. The molecule has 8 heteroatoms. The molecule has 2 bridgehead atoms. The summed E-state index contributed by atoms with van der Waals surface area (Å²) in [5.41, 5.74) is 1.35. The number of amides is 3. The van der Waals surface area contributed by atoms with Crippen LogP contribution in [-0.4, -0.2) is 57.9 Å². The average molecular weight is 371 g/mol. The van der Waals surface area contributed by atoms with Crippen molar-refractivity contribution in [2.75, 3.05) is 6.61 Å². The Morgan fingerprint density at radius 3 is 2.59 bits per heavy atom. The summed E-state index contributed by atoms with van der Waals surface area (Å²) in [6, 6.07) is 7.93. The van der Waals surface area contributed by atoms with Crippen molar-refractivity contribution in [3.63, 3.8) is 0 Å². The summed E-state index contributed by atoms with van der Waals surface area (Å²) in [4.78, 5) is 44.0. The summed E-state index contributed by atoms with van der Waals surface area (Å²) in [5, 5.41) is 3.86. The normalized spacial score (nSPS) is 28.9. The molecule has 1 aromatic rings. The number of ether oxygens (including phenoxy) is 1. The van der Waals surface area contributed by atoms with Gasteiger partial charge in [0.1, 0.15) is 6.04 Å². The predicted molar refractivity (Wildman–Crippen MR) is 93.7 cm³/mol. The molecule has 0 spiro atoms. The summed E-state index contributed by atoms with van der Waals surface area (Å²) in [5.74, 6) is -0.846. The van der Waals surface area contributed by atoms with E-state index in [1.54, 1.807) is 44.2 Å². The Morgan fingerprint density at radius 1 is 1.22 bits per heavy atom. The first-order valence-electron chi connectivity index (χ1n) is 8.98. The highest BCUT2D eigenvalue weighted by Gasteiger charge is 2.61. The van der Waals surface area contributed by atoms with E-state index in [4.69, 9.17) is 9.57 Å². The molecule has 0 radical (unpaired) electrons. The molecule has 0 aliphatic carbocycles. The molecule has 2 saturated heterocycles. The van der Waals surface area contributed by atoms with E-state index in [9.17, 15) is 14.4 Å². The van der Waals surface area contributed by atoms with Gasteiger partial charge in [-0.15, -0.1) is 0 Å². The molecule has 0 N–H and O–H groups in total. The van der Waals surface area contributed by atoms with Gasteiger partial charge >= 0.3 is 6.09 Å². The molecular weight excluding hydrogens is 350 g/mol. The number of fused-ring (bicyclic) bond motifs is 1. The van der Waals surface area contributed by atoms with Gasteiger partial charge in [-0.3, -0.25) is 9.59 Å². The molecule has 3 amide bonds. The summed E-state index contributed by atoms with van der Waals surface area (Å²) < 4.78 is 5.12. The van der Waals surface area contributed by atoms with Gasteiger partial charge in [-0.25, -0.2) is 19.7 Å². The number of hydrogen-bond donors (Lipinski definition) is 0. The lowest BCUT2D eigenvalue weighted by Crippen LogP contribution is -2.71. The molecule has 4 heterocycles. The number of benzene rings is 1. The van der Waals surface area contributed by atoms with Crippen molar-refractivity contribution in [1.29, 1.82) is 0 Å². The van der Waals surface area contributed by atoms with Crippen LogP contribution >= 0.6 is 0 Å². The van der Waals surface area contributed by atoms with Gasteiger partial charge in [0.25, 0.3) is 5.91 Å². The van der Waals surface area contributed by atoms with Crippen LogP contribution in [0.15, 0.2) is 42.0 Å². The molecule has 0 saturated carbocycles. The Labute approximate surface area is 156 Å². The van der Waals surface area contributed by atoms with E-state index < -0.39 is 24.4 Å². The zero-order chi connectivity index (χ0) is 19.3. The second kappa shape index (κ2) is 6.38. The maximum atomic E-state index is 13.1. The van der Waals surface area contributed by atoms with Crippen LogP contribution < -0.4 is 0 Å². The number of hydrazine groups is 1. The second-order valence-electron chi connectivity index (χ2n) is 6.85. The molecule has 4 atom stereocenters. The minimum atomic E-state index is -0.922. The fourth-order valence-corrected chi connectivity index (χ4v) is 3.92. The van der Waals surface area contributed by atoms with E-state index in [2.05, 4.69) is 0 Å². The molecule has 0 aromatic heterocycles. The molecule has 2 fully saturated rings. The van der Waals surface area contributed by atoms with Crippen LogP contribution in [0, 0.1) is 5.92 Å². The molecule has 5 rings (SSSR count). The number of hydroxylamine groups is 2. The van der Waals surface area contributed by atoms with Crippen molar-refractivity contribution >= 4 is 17.9 Å². The van der Waals surface area contributed by atoms with E-state index >= 15 is 0 Å². The standard InChI is InChI=1S/C19H21N3O5/c1-4-26-19(25)20-14-10-11(2)15(16-12(3)17(23)21(16)20)22(27-14)18(24)13-8-6-5-7-9-13/h5-10,12,14-16H,4H2,1-3H3/t12-,14+,15-,16+/m0/s1. The van der Waals surface area contributed by atoms with Crippen molar-refractivity contribution in [3.8, 4) is 0 Å². The molecular formula is C19H21N3O5. The third-order valence-corrected chi connectivity index (χ3v) is 5.23. The average Bonchev–Trinajstić information content (AvgIpc) is 2.88. The minimum Gasteiger partial charge on any atom is -0.448 e. The Bertz CT molecular complexity index is 824. The largest absolute Gasteiger partial charge is 0.448 e. The molecule has 4 aliphatic heterocycles. The van der Waals surface area contributed by atoms with Crippen molar-refractivity contribution in [1.82, 2.24) is 15.1 Å². The van der Waals surface area contributed by atoms with Gasteiger partial charge in [-0.2, -0.15) is 5.01 Å². The number of carbonyl (C=O) groups excluding carboxylic acids is 3. The first-order valence-corrected chi connectivity index (χ1v) is 8.98. The zero-order valence-corrected chi connectivity index (χ0v) is 15.4. The Morgan fingerprint density at radius 2 is 1.93 bits per heavy atom. The molecule has 4 aliphatic rings. The van der Waals surface area contributed by atoms with Crippen LogP contribution in [0.25, 0.3) is 0 Å². The molecule has 27 heavy (non-hydrogen) atoms. The van der Waals surface area contributed by atoms with Crippen molar-refractivity contribution in [2.45, 2.75) is 39.1 Å². The Balaban J connectivity index is 1.75. The van der Waals surface area contributed by atoms with Gasteiger partial charge in [-0.1, -0.05) is 25.1 Å². The second-order valence-corrected chi connectivity index (χ2v) is 6.85. The summed E-state index contributed by atoms with van der Waals surface area (Å²) in [6.07, 6.45) is 0.162. The zero-order valence-electron chi connectivity index (χ0n) is 15.4. The van der Waals surface area contributed by atoms with Gasteiger partial charge in [-0.05, 0) is 37.6 Å². The van der Waals surface area contributed by atoms with Crippen molar-refractivity contribution in [2.24, 2.45) is 5.92 Å². The van der Waals surface area contributed by atoms with Gasteiger partial charge in [0.05, 0.1) is 18.6 Å². The fourth-order valence-electron chi connectivity index (χ4n) is 3.92. The highest BCUT2D eigenvalue weighted by molar-refractivity contribution is 5.95. The third-order valence-electron chi connectivity index (χ3n) is 5.23. The van der Waals surface area contributed by atoms with Crippen LogP contribution in [0.1, 0.15) is 31.1 Å². The van der Waals surface area contributed by atoms with Crippen LogP contribution in [0.4, 0.5) is 4.79 Å². The summed E-state index contributed by atoms with van der Waals surface area (Å²) in [7, 11) is 0. The predicted octanol–water partition coefficient (Wildman–Crippen LogP) is 1.95. The highest BCUT2D eigenvalue weighted by Crippen LogP contribution is 2.43. The Kier molecular flexibility index (Phi) is 4.15. The molecule has 0 unspecified atom stereocenters. The monoisotopic (exact) mass is 371 g/mol. The van der Waals surface area contributed by atoms with Crippen LogP contribution in [0.3, 0.4) is 0 Å². The van der Waals surface area contributed by atoms with Crippen molar-refractivity contribution < 1.29 is 24.0 Å². The lowest BCUT2D eigenvalue weighted by molar-refractivity contribution is -0.213. The third kappa shape index (κ3) is 2.51. The number of carbonyl (C=O) groups is 3. The number of β-lactam (4-membered cyclic amide) rings is 1. The quantitative estimate of drug-likeness (QED) is 0.586. The Hall–Kier alpha value is -2.87. The minimum absolute atomic E-state index is 0.170.